The third-order valence-electron chi connectivity index (χ3n) is 4.83. The number of nitrogens with one attached hydrogen (secondary N) is 1. The molecule has 6 nitrogen and oxygen atoms in total. The summed E-state index contributed by atoms with van der Waals surface area (Å²) in [6.07, 6.45) is 3.71. The summed E-state index contributed by atoms with van der Waals surface area (Å²) in [6.45, 7) is 0.358. The molecule has 0 spiro atoms. The van der Waals surface area contributed by atoms with Crippen molar-refractivity contribution in [2.45, 2.75) is 6.61 Å². The lowest BCUT2D eigenvalue weighted by Gasteiger charge is -2.14. The minimum Gasteiger partial charge on any atom is -0.497 e. The molecule has 0 fully saturated rings. The molecular weight excluding hydrogens is 390 g/mol. The molecule has 0 aliphatic carbocycles. The summed E-state index contributed by atoms with van der Waals surface area (Å²) in [4.78, 5) is 13.0. The molecule has 1 heterocycles. The van der Waals surface area contributed by atoms with Gasteiger partial charge in [-0.05, 0) is 35.4 Å². The van der Waals surface area contributed by atoms with E-state index in [1.807, 2.05) is 73.9 Å². The van der Waals surface area contributed by atoms with Gasteiger partial charge >= 0.3 is 0 Å². The molecule has 1 N–H and O–H groups in total. The van der Waals surface area contributed by atoms with Crippen LogP contribution in [0.4, 0.5) is 5.69 Å². The van der Waals surface area contributed by atoms with Crippen molar-refractivity contribution < 1.29 is 14.3 Å². The predicted molar refractivity (Wildman–Crippen MR) is 120 cm³/mol. The van der Waals surface area contributed by atoms with Crippen molar-refractivity contribution in [2.75, 3.05) is 12.4 Å². The zero-order valence-electron chi connectivity index (χ0n) is 17.4. The second-order valence-electron chi connectivity index (χ2n) is 7.07. The first-order chi connectivity index (χ1) is 15.1. The molecule has 0 aliphatic rings. The van der Waals surface area contributed by atoms with Crippen molar-refractivity contribution in [1.82, 2.24) is 9.78 Å². The molecule has 0 bridgehead atoms. The molecule has 0 radical (unpaired) electrons. The first kappa shape index (κ1) is 20.2. The fourth-order valence-electron chi connectivity index (χ4n) is 3.21. The van der Waals surface area contributed by atoms with Gasteiger partial charge in [-0.2, -0.15) is 5.10 Å². The van der Waals surface area contributed by atoms with E-state index in [9.17, 15) is 4.79 Å². The van der Waals surface area contributed by atoms with Gasteiger partial charge in [0.15, 0.2) is 0 Å². The SMILES string of the molecule is COc1cccc(NC(=O)c2ccc(-c3cnn(C)c3)cc2OCc2ccccc2)c1. The van der Waals surface area contributed by atoms with Gasteiger partial charge in [-0.3, -0.25) is 9.48 Å². The number of nitrogens with zero attached hydrogens (tertiary/aromatic N) is 2. The Kier molecular flexibility index (Phi) is 5.98. The fourth-order valence-corrected chi connectivity index (χ4v) is 3.21. The molecule has 31 heavy (non-hydrogen) atoms. The second-order valence-corrected chi connectivity index (χ2v) is 7.07. The van der Waals surface area contributed by atoms with E-state index >= 15 is 0 Å². The maximum Gasteiger partial charge on any atom is 0.259 e. The standard InChI is InChI=1S/C25H23N3O3/c1-28-16-20(15-26-28)19-11-12-23(24(13-19)31-17-18-7-4-3-5-8-18)25(29)27-21-9-6-10-22(14-21)30-2/h3-16H,17H2,1-2H3,(H,27,29). The molecule has 0 atom stereocenters. The molecular formula is C25H23N3O3. The summed E-state index contributed by atoms with van der Waals surface area (Å²) in [5.41, 5.74) is 4.00. The Morgan fingerprint density at radius 2 is 1.84 bits per heavy atom. The van der Waals surface area contributed by atoms with Gasteiger partial charge in [-0.25, -0.2) is 0 Å². The van der Waals surface area contributed by atoms with E-state index in [1.165, 1.54) is 0 Å². The molecule has 0 unspecified atom stereocenters. The number of ether oxygens (including phenoxy) is 2. The number of carbonyl (C=O) groups is 1. The van der Waals surface area contributed by atoms with Crippen LogP contribution in [0.25, 0.3) is 11.1 Å². The molecule has 3 aromatic carbocycles. The summed E-state index contributed by atoms with van der Waals surface area (Å²) >= 11 is 0. The quantitative estimate of drug-likeness (QED) is 0.467. The van der Waals surface area contributed by atoms with Crippen LogP contribution in [0.3, 0.4) is 0 Å². The number of rotatable bonds is 7. The van der Waals surface area contributed by atoms with Gasteiger partial charge in [0.05, 0.1) is 18.9 Å². The Hall–Kier alpha value is -4.06. The molecule has 0 saturated heterocycles. The summed E-state index contributed by atoms with van der Waals surface area (Å²) < 4.78 is 13.1. The van der Waals surface area contributed by atoms with Crippen molar-refractivity contribution in [3.63, 3.8) is 0 Å². The first-order valence-corrected chi connectivity index (χ1v) is 9.87. The van der Waals surface area contributed by atoms with Crippen LogP contribution in [-0.4, -0.2) is 22.8 Å². The van der Waals surface area contributed by atoms with E-state index in [4.69, 9.17) is 9.47 Å². The number of hydrogen-bond donors (Lipinski definition) is 1. The van der Waals surface area contributed by atoms with Crippen molar-refractivity contribution in [3.8, 4) is 22.6 Å². The predicted octanol–water partition coefficient (Wildman–Crippen LogP) is 4.93. The molecule has 0 saturated carbocycles. The van der Waals surface area contributed by atoms with Gasteiger partial charge in [-0.15, -0.1) is 0 Å². The summed E-state index contributed by atoms with van der Waals surface area (Å²) in [6, 6.07) is 22.6. The highest BCUT2D eigenvalue weighted by molar-refractivity contribution is 6.06. The lowest BCUT2D eigenvalue weighted by Crippen LogP contribution is -2.14. The first-order valence-electron chi connectivity index (χ1n) is 9.87. The highest BCUT2D eigenvalue weighted by Crippen LogP contribution is 2.29. The Labute approximate surface area is 181 Å². The number of aromatic nitrogens is 2. The van der Waals surface area contributed by atoms with Crippen LogP contribution in [0.2, 0.25) is 0 Å². The summed E-state index contributed by atoms with van der Waals surface area (Å²) in [5.74, 6) is 0.921. The normalized spacial score (nSPS) is 10.5. The monoisotopic (exact) mass is 413 g/mol. The molecule has 156 valence electrons. The second kappa shape index (κ2) is 9.17. The van der Waals surface area contributed by atoms with E-state index < -0.39 is 0 Å². The van der Waals surface area contributed by atoms with Crippen molar-refractivity contribution in [3.05, 3.63) is 96.3 Å². The van der Waals surface area contributed by atoms with Crippen LogP contribution < -0.4 is 14.8 Å². The van der Waals surface area contributed by atoms with Crippen LogP contribution in [0.15, 0.2) is 85.2 Å². The lowest BCUT2D eigenvalue weighted by molar-refractivity contribution is 0.102. The minimum atomic E-state index is -0.256. The van der Waals surface area contributed by atoms with Crippen molar-refractivity contribution in [1.29, 1.82) is 0 Å². The number of benzene rings is 3. The zero-order valence-corrected chi connectivity index (χ0v) is 17.4. The van der Waals surface area contributed by atoms with Gasteiger partial charge in [0.1, 0.15) is 18.1 Å². The van der Waals surface area contributed by atoms with Gasteiger partial charge in [0, 0.05) is 30.6 Å². The van der Waals surface area contributed by atoms with Crippen LogP contribution in [0.5, 0.6) is 11.5 Å². The maximum atomic E-state index is 13.0. The maximum absolute atomic E-state index is 13.0. The number of amides is 1. The largest absolute Gasteiger partial charge is 0.497 e. The van der Waals surface area contributed by atoms with E-state index in [2.05, 4.69) is 10.4 Å². The summed E-state index contributed by atoms with van der Waals surface area (Å²) in [7, 11) is 3.46. The van der Waals surface area contributed by atoms with Crippen LogP contribution >= 0.6 is 0 Å². The Bertz CT molecular complexity index is 1190. The average molecular weight is 413 g/mol. The third-order valence-corrected chi connectivity index (χ3v) is 4.83. The highest BCUT2D eigenvalue weighted by atomic mass is 16.5. The molecule has 4 rings (SSSR count). The topological polar surface area (TPSA) is 65.4 Å². The zero-order chi connectivity index (χ0) is 21.6. The number of hydrogen-bond acceptors (Lipinski definition) is 4. The van der Waals surface area contributed by atoms with Crippen molar-refractivity contribution >= 4 is 11.6 Å². The van der Waals surface area contributed by atoms with E-state index in [0.717, 1.165) is 16.7 Å². The van der Waals surface area contributed by atoms with E-state index in [1.54, 1.807) is 30.1 Å². The number of carbonyl (C=O) groups excluding carboxylic acids is 1. The van der Waals surface area contributed by atoms with Gasteiger partial charge in [-0.1, -0.05) is 42.5 Å². The number of aryl methyl sites for hydroxylation is 1. The average Bonchev–Trinajstić information content (AvgIpc) is 3.24. The Balaban J connectivity index is 1.63. The molecule has 0 aliphatic heterocycles. The smallest absolute Gasteiger partial charge is 0.259 e. The van der Waals surface area contributed by atoms with Crippen molar-refractivity contribution in [2.24, 2.45) is 7.05 Å². The van der Waals surface area contributed by atoms with E-state index in [-0.39, 0.29) is 5.91 Å². The Morgan fingerprint density at radius 1 is 1.00 bits per heavy atom. The fraction of sp³-hybridized carbons (Fsp3) is 0.120. The van der Waals surface area contributed by atoms with Crippen LogP contribution in [-0.2, 0) is 13.7 Å². The Morgan fingerprint density at radius 3 is 2.58 bits per heavy atom. The molecule has 6 heteroatoms. The molecule has 1 amide bonds. The number of methoxy groups -OCH3 is 1. The molecule has 4 aromatic rings. The third kappa shape index (κ3) is 4.93. The van der Waals surface area contributed by atoms with Gasteiger partial charge < -0.3 is 14.8 Å². The van der Waals surface area contributed by atoms with Crippen LogP contribution in [0.1, 0.15) is 15.9 Å². The van der Waals surface area contributed by atoms with Crippen LogP contribution in [0, 0.1) is 0 Å². The van der Waals surface area contributed by atoms with Gasteiger partial charge in [0.2, 0.25) is 0 Å². The molecule has 1 aromatic heterocycles. The lowest BCUT2D eigenvalue weighted by atomic mass is 10.1. The minimum absolute atomic E-state index is 0.256. The summed E-state index contributed by atoms with van der Waals surface area (Å²) in [5, 5.41) is 7.15. The highest BCUT2D eigenvalue weighted by Gasteiger charge is 2.16. The van der Waals surface area contributed by atoms with E-state index in [0.29, 0.717) is 29.4 Å². The van der Waals surface area contributed by atoms with Gasteiger partial charge in [0.25, 0.3) is 5.91 Å². The number of anilines is 1.